The summed E-state index contributed by atoms with van der Waals surface area (Å²) in [5, 5.41) is 0. The predicted molar refractivity (Wildman–Crippen MR) is 185 cm³/mol. The minimum atomic E-state index is -1.11. The van der Waals surface area contributed by atoms with Gasteiger partial charge in [-0.05, 0) is 134 Å². The third-order valence-corrected chi connectivity index (χ3v) is 12.1. The van der Waals surface area contributed by atoms with Gasteiger partial charge in [0, 0.05) is 49.8 Å². The van der Waals surface area contributed by atoms with Crippen LogP contribution in [0.15, 0.2) is 48.7 Å². The monoisotopic (exact) mass is 631 g/mol. The van der Waals surface area contributed by atoms with E-state index in [-0.39, 0.29) is 11.8 Å². The van der Waals surface area contributed by atoms with E-state index >= 15 is 0 Å². The Balaban J connectivity index is 1.15. The molecule has 3 heterocycles. The van der Waals surface area contributed by atoms with Crippen molar-refractivity contribution in [1.29, 1.82) is 0 Å². The van der Waals surface area contributed by atoms with Crippen molar-refractivity contribution in [3.8, 4) is 0 Å². The molecule has 3 fully saturated rings. The number of likely N-dealkylation sites (N-methyl/N-ethyl adjacent to an activating group) is 1. The summed E-state index contributed by atoms with van der Waals surface area (Å²) < 4.78 is 14.5. The average molecular weight is 632 g/mol. The normalized spacial score (nSPS) is 30.8. The van der Waals surface area contributed by atoms with E-state index in [9.17, 15) is 9.18 Å². The first kappa shape index (κ1) is 33.7. The first-order chi connectivity index (χ1) is 22.3. The molecule has 6 nitrogen and oxygen atoms in total. The number of unbranched alkanes of at least 4 members (excludes halogenated alkanes) is 1. The fourth-order valence-corrected chi connectivity index (χ4v) is 9.33. The molecule has 7 heteroatoms. The Hall–Kier alpha value is -2.19. The lowest BCUT2D eigenvalue weighted by Gasteiger charge is -2.48. The van der Waals surface area contributed by atoms with Gasteiger partial charge in [-0.25, -0.2) is 4.39 Å². The maximum atomic E-state index is 14.5. The first-order valence-corrected chi connectivity index (χ1v) is 18.4. The van der Waals surface area contributed by atoms with Crippen molar-refractivity contribution in [2.75, 3.05) is 39.8 Å². The number of likely N-dealkylation sites (tertiary alicyclic amines) is 1. The lowest BCUT2D eigenvalue weighted by Crippen LogP contribution is -2.61. The van der Waals surface area contributed by atoms with Crippen LogP contribution in [-0.2, 0) is 11.2 Å². The quantitative estimate of drug-likeness (QED) is 0.234. The molecule has 2 bridgehead atoms. The molecule has 2 N–H and O–H groups in total. The highest BCUT2D eigenvalue weighted by molar-refractivity contribution is 5.82. The molecule has 2 aliphatic heterocycles. The Kier molecular flexibility index (Phi) is 11.3. The highest BCUT2D eigenvalue weighted by Crippen LogP contribution is 2.40. The Morgan fingerprint density at radius 1 is 1.09 bits per heavy atom. The molecule has 1 aromatic carbocycles. The van der Waals surface area contributed by atoms with Crippen molar-refractivity contribution in [2.24, 2.45) is 11.7 Å². The molecule has 2 aliphatic carbocycles. The fourth-order valence-electron chi connectivity index (χ4n) is 9.33. The van der Waals surface area contributed by atoms with E-state index in [4.69, 9.17) is 10.7 Å². The lowest BCUT2D eigenvalue weighted by molar-refractivity contribution is -0.125. The number of hydrogen-bond acceptors (Lipinski definition) is 6. The highest BCUT2D eigenvalue weighted by Gasteiger charge is 2.46. The molecule has 2 saturated heterocycles. The zero-order valence-corrected chi connectivity index (χ0v) is 28.5. The van der Waals surface area contributed by atoms with Crippen LogP contribution in [0.3, 0.4) is 0 Å². The summed E-state index contributed by atoms with van der Waals surface area (Å²) in [5.74, 6) is 0.574. The van der Waals surface area contributed by atoms with E-state index in [0.29, 0.717) is 62.1 Å². The molecule has 5 atom stereocenters. The number of pyridine rings is 1. The number of nitrogens with zero attached hydrogens (tertiary/aromatic N) is 4. The van der Waals surface area contributed by atoms with Crippen molar-refractivity contribution < 1.29 is 9.18 Å². The van der Waals surface area contributed by atoms with Gasteiger partial charge in [0.15, 0.2) is 0 Å². The number of aromatic nitrogens is 1. The number of hydrogen-bond donors (Lipinski definition) is 1. The molecule has 6 rings (SSSR count). The van der Waals surface area contributed by atoms with Crippen LogP contribution in [0.5, 0.6) is 0 Å². The Morgan fingerprint density at radius 3 is 2.67 bits per heavy atom. The van der Waals surface area contributed by atoms with E-state index in [1.54, 1.807) is 6.92 Å². The van der Waals surface area contributed by atoms with E-state index in [2.05, 4.69) is 64.2 Å². The van der Waals surface area contributed by atoms with E-state index in [1.807, 2.05) is 6.20 Å². The number of Topliss-reactive ketones (excluding diaryl/α,β-unsaturated/α-hetero) is 1. The predicted octanol–water partition coefficient (Wildman–Crippen LogP) is 6.70. The largest absolute Gasteiger partial charge is 0.330 e. The average Bonchev–Trinajstić information content (AvgIpc) is 3.37. The van der Waals surface area contributed by atoms with Crippen LogP contribution >= 0.6 is 0 Å². The molecule has 46 heavy (non-hydrogen) atoms. The summed E-state index contributed by atoms with van der Waals surface area (Å²) in [6, 6.07) is 17.0. The number of rotatable bonds is 14. The van der Waals surface area contributed by atoms with Crippen molar-refractivity contribution in [1.82, 2.24) is 19.7 Å². The second-order valence-corrected chi connectivity index (χ2v) is 15.2. The van der Waals surface area contributed by atoms with Crippen LogP contribution in [0.2, 0.25) is 0 Å². The first-order valence-electron chi connectivity index (χ1n) is 18.4. The van der Waals surface area contributed by atoms with E-state index in [0.717, 1.165) is 58.4 Å². The summed E-state index contributed by atoms with van der Waals surface area (Å²) >= 11 is 0. The fraction of sp³-hybridized carbons (Fsp3) is 0.692. The van der Waals surface area contributed by atoms with E-state index < -0.39 is 5.67 Å². The lowest BCUT2D eigenvalue weighted by atomic mass is 9.76. The molecular formula is C39H58FN5O. The smallest absolute Gasteiger partial charge is 0.136 e. The van der Waals surface area contributed by atoms with Crippen LogP contribution in [0.25, 0.3) is 0 Å². The number of carbonyl (C=O) groups excluding carboxylic acids is 1. The van der Waals surface area contributed by atoms with Gasteiger partial charge in [0.05, 0.1) is 11.7 Å². The molecule has 2 aromatic rings. The third-order valence-electron chi connectivity index (χ3n) is 12.1. The van der Waals surface area contributed by atoms with Gasteiger partial charge in [0.2, 0.25) is 0 Å². The van der Waals surface area contributed by atoms with Gasteiger partial charge in [0.1, 0.15) is 11.5 Å². The molecule has 0 spiro atoms. The number of piperazine rings is 1. The minimum absolute atomic E-state index is 0.0175. The van der Waals surface area contributed by atoms with Crippen LogP contribution in [0.1, 0.15) is 113 Å². The molecule has 1 aromatic heterocycles. The van der Waals surface area contributed by atoms with Gasteiger partial charge in [-0.3, -0.25) is 24.5 Å². The maximum Gasteiger partial charge on any atom is 0.136 e. The standard InChI is InChI=1S/C39H58FN5O/c1-39(40)20-17-30(18-21-39)37(46)26-32(29-10-4-3-5-11-29)19-25-45-33-15-16-34(45)36(43(2)27-33)28-44(24-7-6-22-41)35-14-8-12-31-13-9-23-42-38(31)35/h3-5,9-11,13,23,30,32-36H,6-8,12,14-22,24-28,41H2,1-2H3/t30?,32-,33+,34-,35?,36+,39?/m1/s1. The Morgan fingerprint density at radius 2 is 1.89 bits per heavy atom. The van der Waals surface area contributed by atoms with Gasteiger partial charge in [-0.1, -0.05) is 36.4 Å². The zero-order chi connectivity index (χ0) is 32.1. The number of benzene rings is 1. The third kappa shape index (κ3) is 7.91. The van der Waals surface area contributed by atoms with Crippen LogP contribution in [-0.4, -0.2) is 89.0 Å². The van der Waals surface area contributed by atoms with Crippen molar-refractivity contribution in [3.05, 3.63) is 65.5 Å². The van der Waals surface area contributed by atoms with Crippen molar-refractivity contribution in [2.45, 2.75) is 126 Å². The number of halogens is 1. The van der Waals surface area contributed by atoms with Gasteiger partial charge in [-0.2, -0.15) is 0 Å². The summed E-state index contributed by atoms with van der Waals surface area (Å²) in [5.41, 5.74) is 8.83. The summed E-state index contributed by atoms with van der Waals surface area (Å²) in [6.45, 7) is 6.71. The second-order valence-electron chi connectivity index (χ2n) is 15.2. The van der Waals surface area contributed by atoms with Gasteiger partial charge in [-0.15, -0.1) is 0 Å². The summed E-state index contributed by atoms with van der Waals surface area (Å²) in [4.78, 5) is 26.8. The Labute approximate surface area is 277 Å². The maximum absolute atomic E-state index is 14.5. The van der Waals surface area contributed by atoms with Crippen LogP contribution in [0.4, 0.5) is 4.39 Å². The molecule has 1 unspecified atom stereocenters. The molecule has 4 aliphatic rings. The summed E-state index contributed by atoms with van der Waals surface area (Å²) in [6.07, 6.45) is 14.2. The highest BCUT2D eigenvalue weighted by atomic mass is 19.1. The molecule has 0 amide bonds. The number of carbonyl (C=O) groups is 1. The van der Waals surface area contributed by atoms with Crippen molar-refractivity contribution in [3.63, 3.8) is 0 Å². The molecular weight excluding hydrogens is 573 g/mol. The number of ketones is 1. The number of nitrogens with two attached hydrogens (primary N) is 1. The zero-order valence-electron chi connectivity index (χ0n) is 28.5. The Bertz CT molecular complexity index is 1260. The number of fused-ring (bicyclic) bond motifs is 3. The minimum Gasteiger partial charge on any atom is -0.330 e. The van der Waals surface area contributed by atoms with Crippen LogP contribution in [0, 0.1) is 5.92 Å². The molecule has 252 valence electrons. The van der Waals surface area contributed by atoms with Crippen LogP contribution < -0.4 is 5.73 Å². The topological polar surface area (TPSA) is 65.7 Å². The SMILES string of the molecule is CN1C[C@@H]2CC[C@H]([C@@H]1CN(CCCCN)C1CCCc3cccnc31)N2CC[C@H](CC(=O)C1CCC(C)(F)CC1)c1ccccc1. The van der Waals surface area contributed by atoms with E-state index in [1.165, 1.54) is 42.5 Å². The van der Waals surface area contributed by atoms with Gasteiger partial charge < -0.3 is 5.73 Å². The molecule has 0 radical (unpaired) electrons. The summed E-state index contributed by atoms with van der Waals surface area (Å²) in [7, 11) is 2.34. The molecule has 1 saturated carbocycles. The number of aryl methyl sites for hydroxylation is 1. The van der Waals surface area contributed by atoms with Crippen molar-refractivity contribution >= 4 is 5.78 Å². The number of alkyl halides is 1. The van der Waals surface area contributed by atoms with Gasteiger partial charge in [0.25, 0.3) is 0 Å². The second kappa shape index (κ2) is 15.4. The van der Waals surface area contributed by atoms with Gasteiger partial charge >= 0.3 is 0 Å².